The number of nitrogens with zero attached hydrogens (tertiary/aromatic N) is 1. The zero-order valence-electron chi connectivity index (χ0n) is 16.0. The maximum absolute atomic E-state index is 13.2. The van der Waals surface area contributed by atoms with Crippen LogP contribution in [-0.2, 0) is 9.53 Å². The van der Waals surface area contributed by atoms with Crippen molar-refractivity contribution in [2.24, 2.45) is 5.92 Å². The first-order valence-corrected chi connectivity index (χ1v) is 9.14. The van der Waals surface area contributed by atoms with Gasteiger partial charge in [0.2, 0.25) is 5.91 Å². The lowest BCUT2D eigenvalue weighted by molar-refractivity contribution is -0.123. The molecule has 2 amide bonds. The number of nitrogens with one attached hydrogen (secondary N) is 1. The maximum Gasteiger partial charge on any atom is 0.410 e. The summed E-state index contributed by atoms with van der Waals surface area (Å²) in [6.45, 7) is 5.26. The van der Waals surface area contributed by atoms with Crippen molar-refractivity contribution in [3.05, 3.63) is 35.6 Å². The first kappa shape index (κ1) is 20.2. The minimum atomic E-state index is -0.609. The van der Waals surface area contributed by atoms with Crippen molar-refractivity contribution >= 4 is 12.0 Å². The van der Waals surface area contributed by atoms with E-state index in [9.17, 15) is 14.0 Å². The van der Waals surface area contributed by atoms with Gasteiger partial charge in [-0.3, -0.25) is 4.79 Å². The Labute approximate surface area is 154 Å². The smallest absolute Gasteiger partial charge is 0.410 e. The second kappa shape index (κ2) is 8.52. The summed E-state index contributed by atoms with van der Waals surface area (Å²) in [6, 6.07) is 6.09. The molecule has 0 heterocycles. The molecule has 2 rings (SSSR count). The van der Waals surface area contributed by atoms with Crippen LogP contribution in [0.2, 0.25) is 0 Å². The van der Waals surface area contributed by atoms with Crippen molar-refractivity contribution in [3.63, 3.8) is 0 Å². The van der Waals surface area contributed by atoms with Gasteiger partial charge in [-0.25, -0.2) is 9.18 Å². The summed E-state index contributed by atoms with van der Waals surface area (Å²) in [5, 5.41) is 3.03. The molecular formula is C20H29FN2O3. The van der Waals surface area contributed by atoms with Gasteiger partial charge in [0.05, 0.1) is 6.04 Å². The number of carbonyl (C=O) groups excluding carboxylic acids is 2. The number of benzene rings is 1. The molecule has 0 aromatic heterocycles. The number of amides is 2. The van der Waals surface area contributed by atoms with Crippen molar-refractivity contribution in [3.8, 4) is 0 Å². The van der Waals surface area contributed by atoms with E-state index in [1.807, 2.05) is 0 Å². The zero-order chi connectivity index (χ0) is 19.3. The Balaban J connectivity index is 2.02. The van der Waals surface area contributed by atoms with Gasteiger partial charge >= 0.3 is 6.09 Å². The quantitative estimate of drug-likeness (QED) is 0.858. The highest BCUT2D eigenvalue weighted by Gasteiger charge is 2.29. The molecule has 6 heteroatoms. The number of rotatable bonds is 5. The second-order valence-electron chi connectivity index (χ2n) is 7.98. The third-order valence-electron chi connectivity index (χ3n) is 4.50. The summed E-state index contributed by atoms with van der Waals surface area (Å²) in [5.41, 5.74) is 0.286. The van der Waals surface area contributed by atoms with E-state index < -0.39 is 11.7 Å². The van der Waals surface area contributed by atoms with Gasteiger partial charge in [-0.15, -0.1) is 0 Å². The Morgan fingerprint density at radius 1 is 1.23 bits per heavy atom. The molecule has 5 nitrogen and oxygen atoms in total. The third kappa shape index (κ3) is 6.00. The number of halogens is 1. The molecule has 1 aromatic rings. The average molecular weight is 364 g/mol. The minimum absolute atomic E-state index is 0.0840. The van der Waals surface area contributed by atoms with E-state index in [1.54, 1.807) is 32.9 Å². The highest BCUT2D eigenvalue weighted by atomic mass is 19.1. The molecule has 0 spiro atoms. The van der Waals surface area contributed by atoms with Crippen LogP contribution in [0.4, 0.5) is 9.18 Å². The van der Waals surface area contributed by atoms with E-state index in [-0.39, 0.29) is 24.3 Å². The summed E-state index contributed by atoms with van der Waals surface area (Å²) in [6.07, 6.45) is 3.80. The molecule has 1 aromatic carbocycles. The molecule has 1 atom stereocenters. The summed E-state index contributed by atoms with van der Waals surface area (Å²) in [7, 11) is 1.54. The third-order valence-corrected chi connectivity index (χ3v) is 4.50. The molecule has 1 saturated carbocycles. The van der Waals surface area contributed by atoms with Gasteiger partial charge < -0.3 is 15.0 Å². The molecule has 144 valence electrons. The Hall–Kier alpha value is -2.11. The normalized spacial score (nSPS) is 16.2. The molecule has 1 aliphatic rings. The Morgan fingerprint density at radius 3 is 2.35 bits per heavy atom. The molecule has 1 unspecified atom stereocenters. The van der Waals surface area contributed by atoms with E-state index in [0.29, 0.717) is 5.92 Å². The fourth-order valence-electron chi connectivity index (χ4n) is 3.27. The van der Waals surface area contributed by atoms with Gasteiger partial charge in [0, 0.05) is 7.05 Å². The van der Waals surface area contributed by atoms with Crippen molar-refractivity contribution in [2.75, 3.05) is 13.6 Å². The predicted molar refractivity (Wildman–Crippen MR) is 98.1 cm³/mol. The molecule has 1 aliphatic carbocycles. The number of ether oxygens (including phenoxy) is 1. The van der Waals surface area contributed by atoms with Crippen LogP contribution in [0.1, 0.15) is 58.1 Å². The number of hydrogen-bond acceptors (Lipinski definition) is 3. The van der Waals surface area contributed by atoms with Gasteiger partial charge in [0.25, 0.3) is 0 Å². The molecule has 0 saturated heterocycles. The van der Waals surface area contributed by atoms with Crippen LogP contribution in [-0.4, -0.2) is 36.1 Å². The van der Waals surface area contributed by atoms with Gasteiger partial charge in [0.15, 0.2) is 0 Å². The SMILES string of the molecule is CN(CC(=O)NC(c1ccc(F)cc1)C1CCCC1)C(=O)OC(C)(C)C. The van der Waals surface area contributed by atoms with Crippen LogP contribution in [0.5, 0.6) is 0 Å². The number of carbonyl (C=O) groups is 2. The topological polar surface area (TPSA) is 58.6 Å². The predicted octanol–water partition coefficient (Wildman–Crippen LogP) is 4.04. The van der Waals surface area contributed by atoms with Crippen LogP contribution >= 0.6 is 0 Å². The summed E-state index contributed by atoms with van der Waals surface area (Å²) in [5.74, 6) is -0.217. The van der Waals surface area contributed by atoms with Crippen LogP contribution in [0.15, 0.2) is 24.3 Å². The van der Waals surface area contributed by atoms with Crippen LogP contribution in [0, 0.1) is 11.7 Å². The number of likely N-dealkylation sites (N-methyl/N-ethyl adjacent to an activating group) is 1. The molecule has 0 bridgehead atoms. The first-order chi connectivity index (χ1) is 12.2. The fourth-order valence-corrected chi connectivity index (χ4v) is 3.27. The van der Waals surface area contributed by atoms with E-state index in [2.05, 4.69) is 5.32 Å². The Kier molecular flexibility index (Phi) is 6.62. The number of hydrogen-bond donors (Lipinski definition) is 1. The van der Waals surface area contributed by atoms with Crippen LogP contribution < -0.4 is 5.32 Å². The van der Waals surface area contributed by atoms with Crippen molar-refractivity contribution in [1.29, 1.82) is 0 Å². The fraction of sp³-hybridized carbons (Fsp3) is 0.600. The second-order valence-corrected chi connectivity index (χ2v) is 7.98. The summed E-state index contributed by atoms with van der Waals surface area (Å²) in [4.78, 5) is 25.8. The molecule has 26 heavy (non-hydrogen) atoms. The lowest BCUT2D eigenvalue weighted by Gasteiger charge is -2.27. The average Bonchev–Trinajstić information content (AvgIpc) is 3.06. The molecule has 0 radical (unpaired) electrons. The molecular weight excluding hydrogens is 335 g/mol. The lowest BCUT2D eigenvalue weighted by atomic mass is 9.91. The van der Waals surface area contributed by atoms with E-state index in [0.717, 1.165) is 31.2 Å². The minimum Gasteiger partial charge on any atom is -0.444 e. The summed E-state index contributed by atoms with van der Waals surface area (Å²) < 4.78 is 18.5. The first-order valence-electron chi connectivity index (χ1n) is 9.14. The molecule has 1 N–H and O–H groups in total. The van der Waals surface area contributed by atoms with Gasteiger partial charge in [0.1, 0.15) is 18.0 Å². The van der Waals surface area contributed by atoms with Gasteiger partial charge in [-0.2, -0.15) is 0 Å². The molecule has 0 aliphatic heterocycles. The zero-order valence-corrected chi connectivity index (χ0v) is 16.0. The maximum atomic E-state index is 13.2. The van der Waals surface area contributed by atoms with Crippen molar-refractivity contribution in [2.45, 2.75) is 58.1 Å². The van der Waals surface area contributed by atoms with E-state index in [1.165, 1.54) is 24.1 Å². The lowest BCUT2D eigenvalue weighted by Crippen LogP contribution is -2.43. The van der Waals surface area contributed by atoms with Gasteiger partial charge in [-0.1, -0.05) is 25.0 Å². The van der Waals surface area contributed by atoms with Crippen molar-refractivity contribution in [1.82, 2.24) is 10.2 Å². The van der Waals surface area contributed by atoms with Crippen molar-refractivity contribution < 1.29 is 18.7 Å². The molecule has 1 fully saturated rings. The summed E-state index contributed by atoms with van der Waals surface area (Å²) >= 11 is 0. The highest BCUT2D eigenvalue weighted by Crippen LogP contribution is 2.35. The van der Waals surface area contributed by atoms with E-state index in [4.69, 9.17) is 4.74 Å². The van der Waals surface area contributed by atoms with E-state index >= 15 is 0 Å². The largest absolute Gasteiger partial charge is 0.444 e. The monoisotopic (exact) mass is 364 g/mol. The van der Waals surface area contributed by atoms with Crippen LogP contribution in [0.25, 0.3) is 0 Å². The Bertz CT molecular complexity index is 619. The Morgan fingerprint density at radius 2 is 1.81 bits per heavy atom. The van der Waals surface area contributed by atoms with Crippen LogP contribution in [0.3, 0.4) is 0 Å². The highest BCUT2D eigenvalue weighted by molar-refractivity contribution is 5.82. The standard InChI is InChI=1S/C20H29FN2O3/c1-20(2,3)26-19(25)23(4)13-17(24)22-18(14-7-5-6-8-14)15-9-11-16(21)12-10-15/h9-12,14,18H,5-8,13H2,1-4H3,(H,22,24). The van der Waals surface area contributed by atoms with Gasteiger partial charge in [-0.05, 0) is 57.2 Å².